The van der Waals surface area contributed by atoms with Gasteiger partial charge in [0.25, 0.3) is 5.56 Å². The van der Waals surface area contributed by atoms with Crippen molar-refractivity contribution in [2.45, 2.75) is 19.4 Å². The smallest absolute Gasteiger partial charge is 0.282 e. The number of rotatable bonds is 4. The Morgan fingerprint density at radius 1 is 1.37 bits per heavy atom. The molecule has 100 valence electrons. The molecule has 0 fully saturated rings. The fourth-order valence-electron chi connectivity index (χ4n) is 1.91. The lowest BCUT2D eigenvalue weighted by atomic mass is 10.0. The monoisotopic (exact) mass is 321 g/mol. The maximum Gasteiger partial charge on any atom is 0.282 e. The molecule has 0 saturated heterocycles. The SMILES string of the molecule is CCC(Nc1cnn(C)c(=O)c1Br)c1ccccc1. The maximum atomic E-state index is 11.8. The van der Waals surface area contributed by atoms with Gasteiger partial charge in [-0.3, -0.25) is 4.79 Å². The molecule has 0 amide bonds. The van der Waals surface area contributed by atoms with Crippen molar-refractivity contribution in [2.24, 2.45) is 7.05 Å². The van der Waals surface area contributed by atoms with Gasteiger partial charge in [-0.2, -0.15) is 5.10 Å². The van der Waals surface area contributed by atoms with E-state index in [9.17, 15) is 4.79 Å². The Kier molecular flexibility index (Phi) is 4.37. The van der Waals surface area contributed by atoms with Crippen molar-refractivity contribution in [2.75, 3.05) is 5.32 Å². The van der Waals surface area contributed by atoms with Crippen molar-refractivity contribution in [3.8, 4) is 0 Å². The first-order chi connectivity index (χ1) is 9.13. The molecule has 0 saturated carbocycles. The van der Waals surface area contributed by atoms with Crippen molar-refractivity contribution in [3.63, 3.8) is 0 Å². The normalized spacial score (nSPS) is 12.2. The molecular weight excluding hydrogens is 306 g/mol. The largest absolute Gasteiger partial charge is 0.376 e. The van der Waals surface area contributed by atoms with E-state index in [0.29, 0.717) is 4.47 Å². The number of anilines is 1. The van der Waals surface area contributed by atoms with Gasteiger partial charge in [0, 0.05) is 7.05 Å². The van der Waals surface area contributed by atoms with Gasteiger partial charge in [-0.25, -0.2) is 4.68 Å². The summed E-state index contributed by atoms with van der Waals surface area (Å²) in [6.45, 7) is 2.10. The van der Waals surface area contributed by atoms with E-state index in [1.807, 2.05) is 18.2 Å². The average Bonchev–Trinajstić information content (AvgIpc) is 2.45. The minimum absolute atomic E-state index is 0.145. The van der Waals surface area contributed by atoms with E-state index in [2.05, 4.69) is 45.4 Å². The first kappa shape index (κ1) is 13.8. The van der Waals surface area contributed by atoms with Gasteiger partial charge < -0.3 is 5.32 Å². The van der Waals surface area contributed by atoms with Crippen molar-refractivity contribution in [3.05, 3.63) is 56.9 Å². The zero-order valence-electron chi connectivity index (χ0n) is 10.9. The minimum atomic E-state index is -0.145. The van der Waals surface area contributed by atoms with E-state index in [-0.39, 0.29) is 11.6 Å². The highest BCUT2D eigenvalue weighted by Gasteiger charge is 2.13. The third-order valence-electron chi connectivity index (χ3n) is 3.02. The van der Waals surface area contributed by atoms with Crippen molar-refractivity contribution in [1.82, 2.24) is 9.78 Å². The Labute approximate surface area is 120 Å². The number of benzene rings is 1. The molecule has 0 bridgehead atoms. The summed E-state index contributed by atoms with van der Waals surface area (Å²) in [6.07, 6.45) is 2.59. The molecule has 4 nitrogen and oxygen atoms in total. The van der Waals surface area contributed by atoms with Crippen molar-refractivity contribution in [1.29, 1.82) is 0 Å². The molecule has 0 aliphatic rings. The number of aromatic nitrogens is 2. The van der Waals surface area contributed by atoms with Crippen LogP contribution in [0.4, 0.5) is 5.69 Å². The molecule has 2 rings (SSSR count). The van der Waals surface area contributed by atoms with Crippen LogP contribution >= 0.6 is 15.9 Å². The number of nitrogens with zero attached hydrogens (tertiary/aromatic N) is 2. The van der Waals surface area contributed by atoms with Crippen LogP contribution in [0.1, 0.15) is 24.9 Å². The molecule has 1 N–H and O–H groups in total. The first-order valence-electron chi connectivity index (χ1n) is 6.16. The van der Waals surface area contributed by atoms with E-state index < -0.39 is 0 Å². The molecule has 0 aliphatic carbocycles. The van der Waals surface area contributed by atoms with Gasteiger partial charge >= 0.3 is 0 Å². The molecule has 1 atom stereocenters. The second kappa shape index (κ2) is 6.02. The number of aryl methyl sites for hydroxylation is 1. The molecular formula is C14H16BrN3O. The summed E-state index contributed by atoms with van der Waals surface area (Å²) in [4.78, 5) is 11.8. The molecule has 1 heterocycles. The average molecular weight is 322 g/mol. The van der Waals surface area contributed by atoms with Crippen molar-refractivity contribution >= 4 is 21.6 Å². The second-order valence-corrected chi connectivity index (χ2v) is 5.11. The van der Waals surface area contributed by atoms with E-state index in [4.69, 9.17) is 0 Å². The molecule has 0 aliphatic heterocycles. The maximum absolute atomic E-state index is 11.8. The lowest BCUT2D eigenvalue weighted by Crippen LogP contribution is -2.22. The summed E-state index contributed by atoms with van der Waals surface area (Å²) in [5.41, 5.74) is 1.77. The first-order valence-corrected chi connectivity index (χ1v) is 6.96. The summed E-state index contributed by atoms with van der Waals surface area (Å²) in [5, 5.41) is 7.39. The van der Waals surface area contributed by atoms with Crippen LogP contribution in [-0.4, -0.2) is 9.78 Å². The fourth-order valence-corrected chi connectivity index (χ4v) is 2.38. The Balaban J connectivity index is 2.30. The van der Waals surface area contributed by atoms with Crippen LogP contribution < -0.4 is 10.9 Å². The molecule has 1 aromatic carbocycles. The predicted octanol–water partition coefficient (Wildman–Crippen LogP) is 3.11. The Morgan fingerprint density at radius 2 is 2.05 bits per heavy atom. The topological polar surface area (TPSA) is 46.9 Å². The highest BCUT2D eigenvalue weighted by atomic mass is 79.9. The predicted molar refractivity (Wildman–Crippen MR) is 80.3 cm³/mol. The Hall–Kier alpha value is -1.62. The summed E-state index contributed by atoms with van der Waals surface area (Å²) >= 11 is 3.33. The second-order valence-electron chi connectivity index (χ2n) is 4.32. The van der Waals surface area contributed by atoms with Crippen LogP contribution in [0, 0.1) is 0 Å². The Bertz CT molecular complexity index is 610. The lowest BCUT2D eigenvalue weighted by Gasteiger charge is -2.19. The molecule has 0 radical (unpaired) electrons. The number of nitrogens with one attached hydrogen (secondary N) is 1. The molecule has 2 aromatic rings. The van der Waals surface area contributed by atoms with Crippen molar-refractivity contribution < 1.29 is 0 Å². The number of hydrogen-bond acceptors (Lipinski definition) is 3. The number of hydrogen-bond donors (Lipinski definition) is 1. The van der Waals surface area contributed by atoms with Gasteiger partial charge in [-0.1, -0.05) is 37.3 Å². The van der Waals surface area contributed by atoms with E-state index in [0.717, 1.165) is 12.1 Å². The van der Waals surface area contributed by atoms with Gasteiger partial charge in [-0.05, 0) is 27.9 Å². The molecule has 1 aromatic heterocycles. The Morgan fingerprint density at radius 3 is 2.68 bits per heavy atom. The van der Waals surface area contributed by atoms with Gasteiger partial charge in [-0.15, -0.1) is 0 Å². The van der Waals surface area contributed by atoms with E-state index in [1.165, 1.54) is 10.2 Å². The molecule has 5 heteroatoms. The van der Waals surface area contributed by atoms with Gasteiger partial charge in [0.1, 0.15) is 4.47 Å². The standard InChI is InChI=1S/C14H16BrN3O/c1-3-11(10-7-5-4-6-8-10)17-12-9-16-18(2)14(19)13(12)15/h4-9,11,17H,3H2,1-2H3. The summed E-state index contributed by atoms with van der Waals surface area (Å²) in [7, 11) is 1.63. The molecule has 1 unspecified atom stereocenters. The van der Waals surface area contributed by atoms with Crippen LogP contribution in [0.2, 0.25) is 0 Å². The van der Waals surface area contributed by atoms with Crippen LogP contribution in [0.3, 0.4) is 0 Å². The van der Waals surface area contributed by atoms with Crippen LogP contribution in [0.15, 0.2) is 45.8 Å². The molecule has 0 spiro atoms. The van der Waals surface area contributed by atoms with Crippen LogP contribution in [0.25, 0.3) is 0 Å². The van der Waals surface area contributed by atoms with Gasteiger partial charge in [0.15, 0.2) is 0 Å². The fraction of sp³-hybridized carbons (Fsp3) is 0.286. The summed E-state index contributed by atoms with van der Waals surface area (Å²) in [5.74, 6) is 0. The molecule has 19 heavy (non-hydrogen) atoms. The van der Waals surface area contributed by atoms with Gasteiger partial charge in [0.2, 0.25) is 0 Å². The zero-order valence-corrected chi connectivity index (χ0v) is 12.5. The van der Waals surface area contributed by atoms with E-state index >= 15 is 0 Å². The van der Waals surface area contributed by atoms with E-state index in [1.54, 1.807) is 13.2 Å². The van der Waals surface area contributed by atoms with Crippen LogP contribution in [-0.2, 0) is 7.05 Å². The number of halogens is 1. The minimum Gasteiger partial charge on any atom is -0.376 e. The highest BCUT2D eigenvalue weighted by Crippen LogP contribution is 2.25. The third kappa shape index (κ3) is 3.04. The lowest BCUT2D eigenvalue weighted by molar-refractivity contribution is 0.695. The van der Waals surface area contributed by atoms with Crippen LogP contribution in [0.5, 0.6) is 0 Å². The zero-order chi connectivity index (χ0) is 13.8. The van der Waals surface area contributed by atoms with Gasteiger partial charge in [0.05, 0.1) is 17.9 Å². The third-order valence-corrected chi connectivity index (χ3v) is 3.78. The quantitative estimate of drug-likeness (QED) is 0.941. The summed E-state index contributed by atoms with van der Waals surface area (Å²) < 4.78 is 1.82. The summed E-state index contributed by atoms with van der Waals surface area (Å²) in [6, 6.07) is 10.3. The highest BCUT2D eigenvalue weighted by molar-refractivity contribution is 9.10.